The number of benzene rings is 4. The zero-order valence-electron chi connectivity index (χ0n) is 25.9. The third kappa shape index (κ3) is 6.15. The van der Waals surface area contributed by atoms with E-state index in [1.54, 1.807) is 61.7 Å². The molecule has 0 fully saturated rings. The molecule has 0 aliphatic heterocycles. The maximum atomic E-state index is 13.8. The Morgan fingerprint density at radius 1 is 0.857 bits per heavy atom. The number of aryl methyl sites for hydroxylation is 1. The zero-order chi connectivity index (χ0) is 34.1. The molecule has 0 spiro atoms. The lowest BCUT2D eigenvalue weighted by molar-refractivity contribution is 0.0685. The molecule has 2 N–H and O–H groups in total. The predicted molar refractivity (Wildman–Crippen MR) is 190 cm³/mol. The van der Waals surface area contributed by atoms with Gasteiger partial charge in [0.05, 0.1) is 17.8 Å². The number of rotatable bonds is 8. The van der Waals surface area contributed by atoms with Gasteiger partial charge in [0, 0.05) is 32.7 Å². The third-order valence-corrected chi connectivity index (χ3v) is 8.60. The van der Waals surface area contributed by atoms with Gasteiger partial charge in [0.2, 0.25) is 5.95 Å². The molecule has 49 heavy (non-hydrogen) atoms. The van der Waals surface area contributed by atoms with Crippen molar-refractivity contribution in [2.24, 2.45) is 0 Å². The molecule has 3 heterocycles. The standard InChI is InChI=1S/C38H26BrN5O5/c1-22-31(33(43-49-22)25-10-6-3-7-11-25)30-18-19-40-38(41-30)42-35(45)26-14-12-23(13-15-26)21-44-34(37(47)48)32(24-8-4-2-5-9-24)29-20-27(39)16-17-28(29)36(44)46/h2-20H,21H2,1H3,(H,47,48)(H,40,41,42,45). The van der Waals surface area contributed by atoms with Gasteiger partial charge in [0.1, 0.15) is 17.1 Å². The fourth-order valence-electron chi connectivity index (χ4n) is 5.83. The monoisotopic (exact) mass is 711 g/mol. The minimum atomic E-state index is -1.23. The number of aromatic nitrogens is 4. The number of carbonyl (C=O) groups excluding carboxylic acids is 1. The number of halogens is 1. The Bertz CT molecular complexity index is 2420. The summed E-state index contributed by atoms with van der Waals surface area (Å²) < 4.78 is 7.47. The van der Waals surface area contributed by atoms with Crippen molar-refractivity contribution in [3.05, 3.63) is 153 Å². The Kier molecular flexibility index (Phi) is 8.41. The maximum absolute atomic E-state index is 13.8. The number of hydrogen-bond acceptors (Lipinski definition) is 7. The predicted octanol–water partition coefficient (Wildman–Crippen LogP) is 7.85. The normalized spacial score (nSPS) is 11.1. The molecule has 3 aromatic heterocycles. The van der Waals surface area contributed by atoms with E-state index in [9.17, 15) is 19.5 Å². The second-order valence-corrected chi connectivity index (χ2v) is 12.1. The van der Waals surface area contributed by atoms with E-state index in [1.165, 1.54) is 4.57 Å². The molecule has 10 nitrogen and oxygen atoms in total. The highest BCUT2D eigenvalue weighted by molar-refractivity contribution is 9.10. The lowest BCUT2D eigenvalue weighted by Gasteiger charge is -2.18. The Balaban J connectivity index is 1.18. The first-order valence-corrected chi connectivity index (χ1v) is 16.0. The van der Waals surface area contributed by atoms with Crippen LogP contribution in [-0.4, -0.2) is 36.7 Å². The van der Waals surface area contributed by atoms with E-state index >= 15 is 0 Å². The van der Waals surface area contributed by atoms with Crippen molar-refractivity contribution in [3.63, 3.8) is 0 Å². The molecular formula is C38H26BrN5O5. The number of carbonyl (C=O) groups is 2. The molecule has 240 valence electrons. The molecule has 0 aliphatic rings. The highest BCUT2D eigenvalue weighted by Gasteiger charge is 2.24. The highest BCUT2D eigenvalue weighted by Crippen LogP contribution is 2.34. The first-order valence-electron chi connectivity index (χ1n) is 15.2. The topological polar surface area (TPSA) is 140 Å². The molecule has 0 bridgehead atoms. The van der Waals surface area contributed by atoms with E-state index in [0.717, 1.165) is 10.0 Å². The van der Waals surface area contributed by atoms with Crippen LogP contribution in [0.4, 0.5) is 5.95 Å². The average molecular weight is 713 g/mol. The molecule has 0 saturated carbocycles. The minimum absolute atomic E-state index is 0.0266. The lowest BCUT2D eigenvalue weighted by atomic mass is 9.96. The minimum Gasteiger partial charge on any atom is -0.477 e. The van der Waals surface area contributed by atoms with Gasteiger partial charge in [-0.3, -0.25) is 19.5 Å². The van der Waals surface area contributed by atoms with Gasteiger partial charge >= 0.3 is 5.97 Å². The SMILES string of the molecule is Cc1onc(-c2ccccc2)c1-c1ccnc(NC(=O)c2ccc(Cn3c(C(=O)O)c(-c4ccccc4)c4cc(Br)ccc4c3=O)cc2)n1. The molecule has 0 saturated heterocycles. The molecule has 0 radical (unpaired) electrons. The van der Waals surface area contributed by atoms with Gasteiger partial charge in [-0.1, -0.05) is 93.9 Å². The Hall–Kier alpha value is -6.20. The molecule has 7 aromatic rings. The summed E-state index contributed by atoms with van der Waals surface area (Å²) >= 11 is 3.46. The van der Waals surface area contributed by atoms with Crippen LogP contribution >= 0.6 is 15.9 Å². The number of carboxylic acids is 1. The van der Waals surface area contributed by atoms with Crippen molar-refractivity contribution in [3.8, 4) is 33.6 Å². The van der Waals surface area contributed by atoms with Crippen LogP contribution in [0.2, 0.25) is 0 Å². The van der Waals surface area contributed by atoms with E-state index in [-0.39, 0.29) is 18.2 Å². The number of pyridine rings is 1. The number of nitrogens with zero attached hydrogens (tertiary/aromatic N) is 4. The van der Waals surface area contributed by atoms with E-state index < -0.39 is 17.4 Å². The molecule has 11 heteroatoms. The van der Waals surface area contributed by atoms with Crippen molar-refractivity contribution >= 4 is 44.5 Å². The highest BCUT2D eigenvalue weighted by atomic mass is 79.9. The van der Waals surface area contributed by atoms with Gasteiger partial charge in [0.25, 0.3) is 11.5 Å². The van der Waals surface area contributed by atoms with E-state index in [0.29, 0.717) is 55.7 Å². The lowest BCUT2D eigenvalue weighted by Crippen LogP contribution is -2.28. The van der Waals surface area contributed by atoms with Gasteiger partial charge in [-0.2, -0.15) is 0 Å². The number of hydrogen-bond donors (Lipinski definition) is 2. The van der Waals surface area contributed by atoms with E-state index in [2.05, 4.69) is 36.4 Å². The Labute approximate surface area is 287 Å². The average Bonchev–Trinajstić information content (AvgIpc) is 3.51. The molecule has 7 rings (SSSR count). The third-order valence-electron chi connectivity index (χ3n) is 8.10. The number of amides is 1. The van der Waals surface area contributed by atoms with Crippen molar-refractivity contribution in [1.29, 1.82) is 0 Å². The van der Waals surface area contributed by atoms with Crippen LogP contribution in [0, 0.1) is 6.92 Å². The van der Waals surface area contributed by atoms with Gasteiger partial charge in [-0.25, -0.2) is 14.8 Å². The second kappa shape index (κ2) is 13.1. The molecule has 1 amide bonds. The molecule has 0 atom stereocenters. The second-order valence-electron chi connectivity index (χ2n) is 11.2. The number of aromatic carboxylic acids is 1. The summed E-state index contributed by atoms with van der Waals surface area (Å²) in [4.78, 5) is 48.6. The smallest absolute Gasteiger partial charge is 0.353 e. The Morgan fingerprint density at radius 3 is 2.24 bits per heavy atom. The molecular weight excluding hydrogens is 686 g/mol. The van der Waals surface area contributed by atoms with Crippen molar-refractivity contribution in [2.75, 3.05) is 5.32 Å². The van der Waals surface area contributed by atoms with Gasteiger partial charge in [-0.15, -0.1) is 0 Å². The van der Waals surface area contributed by atoms with Crippen LogP contribution in [0.15, 0.2) is 129 Å². The largest absolute Gasteiger partial charge is 0.477 e. The molecule has 0 unspecified atom stereocenters. The first-order chi connectivity index (χ1) is 23.8. The van der Waals surface area contributed by atoms with Gasteiger partial charge in [0.15, 0.2) is 0 Å². The maximum Gasteiger partial charge on any atom is 0.353 e. The van der Waals surface area contributed by atoms with Gasteiger partial charge < -0.3 is 9.63 Å². The number of nitrogens with one attached hydrogen (secondary N) is 1. The summed E-state index contributed by atoms with van der Waals surface area (Å²) in [5, 5.41) is 18.3. The van der Waals surface area contributed by atoms with Crippen molar-refractivity contribution in [2.45, 2.75) is 13.5 Å². The summed E-state index contributed by atoms with van der Waals surface area (Å²) in [6.07, 6.45) is 1.55. The van der Waals surface area contributed by atoms with Crippen LogP contribution in [0.5, 0.6) is 0 Å². The number of carboxylic acid groups (broad SMARTS) is 1. The number of fused-ring (bicyclic) bond motifs is 1. The van der Waals surface area contributed by atoms with Crippen molar-refractivity contribution in [1.82, 2.24) is 19.7 Å². The van der Waals surface area contributed by atoms with Crippen LogP contribution in [0.1, 0.15) is 32.2 Å². The van der Waals surface area contributed by atoms with Crippen molar-refractivity contribution < 1.29 is 19.2 Å². The summed E-state index contributed by atoms with van der Waals surface area (Å²) in [7, 11) is 0. The molecule has 4 aromatic carbocycles. The summed E-state index contributed by atoms with van der Waals surface area (Å²) in [6, 6.07) is 32.2. The van der Waals surface area contributed by atoms with Crippen LogP contribution in [0.25, 0.3) is 44.4 Å². The summed E-state index contributed by atoms with van der Waals surface area (Å²) in [6.45, 7) is 1.77. The van der Waals surface area contributed by atoms with Crippen LogP contribution < -0.4 is 10.9 Å². The van der Waals surface area contributed by atoms with Gasteiger partial charge in [-0.05, 0) is 59.8 Å². The van der Waals surface area contributed by atoms with Crippen LogP contribution in [0.3, 0.4) is 0 Å². The summed E-state index contributed by atoms with van der Waals surface area (Å²) in [5.74, 6) is -1.00. The quantitative estimate of drug-likeness (QED) is 0.162. The summed E-state index contributed by atoms with van der Waals surface area (Å²) in [5.41, 5.74) is 4.24. The Morgan fingerprint density at radius 2 is 1.55 bits per heavy atom. The van der Waals surface area contributed by atoms with E-state index in [1.807, 2.05) is 60.7 Å². The van der Waals surface area contributed by atoms with E-state index in [4.69, 9.17) is 4.52 Å². The zero-order valence-corrected chi connectivity index (χ0v) is 27.5. The van der Waals surface area contributed by atoms with Crippen LogP contribution in [-0.2, 0) is 6.54 Å². The molecule has 0 aliphatic carbocycles. The fraction of sp³-hybridized carbons (Fsp3) is 0.0526. The first kappa shape index (κ1) is 31.4. The number of anilines is 1. The fourth-order valence-corrected chi connectivity index (χ4v) is 6.19.